The van der Waals surface area contributed by atoms with Crippen molar-refractivity contribution in [2.45, 2.75) is 51.4 Å². The van der Waals surface area contributed by atoms with Crippen molar-refractivity contribution in [3.8, 4) is 0 Å². The summed E-state index contributed by atoms with van der Waals surface area (Å²) in [5.41, 5.74) is 0. The molecule has 6 heteroatoms. The number of sulfone groups is 1. The summed E-state index contributed by atoms with van der Waals surface area (Å²) in [5, 5.41) is 4.04. The van der Waals surface area contributed by atoms with Gasteiger partial charge in [-0.25, -0.2) is 8.42 Å². The van der Waals surface area contributed by atoms with Gasteiger partial charge in [-0.05, 0) is 37.5 Å². The van der Waals surface area contributed by atoms with Gasteiger partial charge in [-0.15, -0.1) is 0 Å². The van der Waals surface area contributed by atoms with E-state index in [1.54, 1.807) is 0 Å². The summed E-state index contributed by atoms with van der Waals surface area (Å²) >= 11 is 0. The van der Waals surface area contributed by atoms with Crippen molar-refractivity contribution in [1.29, 1.82) is 0 Å². The summed E-state index contributed by atoms with van der Waals surface area (Å²) in [4.78, 5) is 4.51. The van der Waals surface area contributed by atoms with Crippen LogP contribution in [0.15, 0.2) is 4.52 Å². The van der Waals surface area contributed by atoms with Crippen molar-refractivity contribution in [3.63, 3.8) is 0 Å². The highest BCUT2D eigenvalue weighted by molar-refractivity contribution is 7.91. The third kappa shape index (κ3) is 2.90. The van der Waals surface area contributed by atoms with Crippen molar-refractivity contribution < 1.29 is 12.9 Å². The number of rotatable bonds is 2. The van der Waals surface area contributed by atoms with Crippen LogP contribution in [-0.4, -0.2) is 30.1 Å². The van der Waals surface area contributed by atoms with E-state index in [0.717, 1.165) is 12.8 Å². The lowest BCUT2D eigenvalue weighted by Gasteiger charge is -2.29. The number of hydrogen-bond donors (Lipinski definition) is 0. The molecular formula is C14H22N2O3S. The fraction of sp³-hybridized carbons (Fsp3) is 0.857. The number of aromatic nitrogens is 2. The van der Waals surface area contributed by atoms with Gasteiger partial charge < -0.3 is 4.52 Å². The number of nitrogens with zero attached hydrogens (tertiary/aromatic N) is 2. The van der Waals surface area contributed by atoms with Crippen LogP contribution >= 0.6 is 0 Å². The highest BCUT2D eigenvalue weighted by atomic mass is 32.2. The predicted octanol–water partition coefficient (Wildman–Crippen LogP) is 2.51. The maximum atomic E-state index is 11.5. The molecule has 2 aliphatic rings. The smallest absolute Gasteiger partial charge is 0.229 e. The Morgan fingerprint density at radius 2 is 1.80 bits per heavy atom. The van der Waals surface area contributed by atoms with Crippen molar-refractivity contribution in [3.05, 3.63) is 11.7 Å². The van der Waals surface area contributed by atoms with Crippen LogP contribution in [0.5, 0.6) is 0 Å². The van der Waals surface area contributed by atoms with Gasteiger partial charge in [-0.1, -0.05) is 19.0 Å². The standard InChI is InChI=1S/C14H22N2O3S/c1-9-5-10(2)7-12(6-9)14-15-13(16-19-14)11-3-4-20(17,18)8-11/h9-12H,3-8H2,1-2H3/t9-,10-,11-/m1/s1. The SMILES string of the molecule is C[C@H]1CC(c2nc([C@@H]3CCS(=O)(=O)C3)no2)C[C@H](C)C1. The second kappa shape index (κ2) is 5.13. The second-order valence-electron chi connectivity index (χ2n) is 6.71. The van der Waals surface area contributed by atoms with E-state index < -0.39 is 9.84 Å². The molecular weight excluding hydrogens is 276 g/mol. The van der Waals surface area contributed by atoms with Crippen molar-refractivity contribution in [2.75, 3.05) is 11.5 Å². The lowest BCUT2D eigenvalue weighted by molar-refractivity contribution is 0.228. The lowest BCUT2D eigenvalue weighted by Crippen LogP contribution is -2.18. The largest absolute Gasteiger partial charge is 0.339 e. The number of hydrogen-bond acceptors (Lipinski definition) is 5. The third-order valence-corrected chi connectivity index (χ3v) is 6.35. The fourth-order valence-corrected chi connectivity index (χ4v) is 5.47. The normalized spacial score (nSPS) is 37.1. The van der Waals surface area contributed by atoms with Gasteiger partial charge in [0.05, 0.1) is 11.5 Å². The van der Waals surface area contributed by atoms with E-state index in [9.17, 15) is 8.42 Å². The van der Waals surface area contributed by atoms with E-state index in [0.29, 0.717) is 35.9 Å². The van der Waals surface area contributed by atoms with Gasteiger partial charge in [-0.2, -0.15) is 4.98 Å². The first kappa shape index (κ1) is 14.0. The fourth-order valence-electron chi connectivity index (χ4n) is 3.73. The van der Waals surface area contributed by atoms with Crippen LogP contribution in [0.4, 0.5) is 0 Å². The van der Waals surface area contributed by atoms with Crippen molar-refractivity contribution >= 4 is 9.84 Å². The first-order chi connectivity index (χ1) is 9.43. The molecule has 0 radical (unpaired) electrons. The molecule has 3 atom stereocenters. The van der Waals surface area contributed by atoms with Crippen LogP contribution in [0.3, 0.4) is 0 Å². The topological polar surface area (TPSA) is 73.1 Å². The van der Waals surface area contributed by atoms with Gasteiger partial charge in [0.1, 0.15) is 0 Å². The maximum Gasteiger partial charge on any atom is 0.229 e. The van der Waals surface area contributed by atoms with Crippen LogP contribution < -0.4 is 0 Å². The molecule has 1 saturated carbocycles. The third-order valence-electron chi connectivity index (χ3n) is 4.58. The van der Waals surface area contributed by atoms with Crippen LogP contribution in [0.2, 0.25) is 0 Å². The highest BCUT2D eigenvalue weighted by Gasteiger charge is 2.34. The van der Waals surface area contributed by atoms with E-state index >= 15 is 0 Å². The van der Waals surface area contributed by atoms with E-state index in [1.165, 1.54) is 6.42 Å². The predicted molar refractivity (Wildman–Crippen MR) is 75.2 cm³/mol. The molecule has 20 heavy (non-hydrogen) atoms. The van der Waals surface area contributed by atoms with Crippen LogP contribution in [0, 0.1) is 11.8 Å². The first-order valence-electron chi connectivity index (χ1n) is 7.47. The Kier molecular flexibility index (Phi) is 3.60. The minimum absolute atomic E-state index is 0.0732. The average Bonchev–Trinajstić information content (AvgIpc) is 2.94. The molecule has 1 aliphatic carbocycles. The summed E-state index contributed by atoms with van der Waals surface area (Å²) in [5.74, 6) is 3.36. The van der Waals surface area contributed by atoms with E-state index in [2.05, 4.69) is 24.0 Å². The molecule has 0 spiro atoms. The van der Waals surface area contributed by atoms with E-state index in [-0.39, 0.29) is 17.4 Å². The first-order valence-corrected chi connectivity index (χ1v) is 9.29. The molecule has 0 unspecified atom stereocenters. The molecule has 1 aromatic rings. The molecule has 0 N–H and O–H groups in total. The molecule has 1 saturated heterocycles. The Labute approximate surface area is 120 Å². The van der Waals surface area contributed by atoms with Gasteiger partial charge in [0.15, 0.2) is 15.7 Å². The Balaban J connectivity index is 1.74. The van der Waals surface area contributed by atoms with Gasteiger partial charge in [0, 0.05) is 11.8 Å². The monoisotopic (exact) mass is 298 g/mol. The summed E-state index contributed by atoms with van der Waals surface area (Å²) in [6.07, 6.45) is 4.07. The van der Waals surface area contributed by atoms with Crippen molar-refractivity contribution in [2.24, 2.45) is 11.8 Å². The zero-order chi connectivity index (χ0) is 14.3. The Bertz CT molecular complexity index is 571. The molecule has 5 nitrogen and oxygen atoms in total. The maximum absolute atomic E-state index is 11.5. The molecule has 2 fully saturated rings. The summed E-state index contributed by atoms with van der Waals surface area (Å²) < 4.78 is 28.5. The minimum atomic E-state index is -2.90. The highest BCUT2D eigenvalue weighted by Crippen LogP contribution is 2.39. The van der Waals surface area contributed by atoms with Gasteiger partial charge >= 0.3 is 0 Å². The van der Waals surface area contributed by atoms with Crippen LogP contribution in [0.25, 0.3) is 0 Å². The molecule has 0 aromatic carbocycles. The summed E-state index contributed by atoms with van der Waals surface area (Å²) in [6.45, 7) is 4.53. The molecule has 0 bridgehead atoms. The van der Waals surface area contributed by atoms with Crippen LogP contribution in [0.1, 0.15) is 63.1 Å². The molecule has 2 heterocycles. The minimum Gasteiger partial charge on any atom is -0.339 e. The van der Waals surface area contributed by atoms with Gasteiger partial charge in [0.25, 0.3) is 0 Å². The van der Waals surface area contributed by atoms with E-state index in [4.69, 9.17) is 4.52 Å². The van der Waals surface area contributed by atoms with Crippen LogP contribution in [-0.2, 0) is 9.84 Å². The quantitative estimate of drug-likeness (QED) is 0.838. The van der Waals surface area contributed by atoms with Gasteiger partial charge in [0.2, 0.25) is 5.89 Å². The van der Waals surface area contributed by atoms with Crippen molar-refractivity contribution in [1.82, 2.24) is 10.1 Å². The lowest BCUT2D eigenvalue weighted by atomic mass is 9.77. The Morgan fingerprint density at radius 3 is 2.40 bits per heavy atom. The molecule has 112 valence electrons. The summed E-state index contributed by atoms with van der Waals surface area (Å²) in [6, 6.07) is 0. The second-order valence-corrected chi connectivity index (χ2v) is 8.93. The molecule has 1 aliphatic heterocycles. The molecule has 3 rings (SSSR count). The Morgan fingerprint density at radius 1 is 1.10 bits per heavy atom. The average molecular weight is 298 g/mol. The zero-order valence-electron chi connectivity index (χ0n) is 12.1. The molecule has 0 amide bonds. The molecule has 1 aromatic heterocycles. The van der Waals surface area contributed by atoms with E-state index in [1.807, 2.05) is 0 Å². The van der Waals surface area contributed by atoms with Gasteiger partial charge in [-0.3, -0.25) is 0 Å². The Hall–Kier alpha value is -0.910. The zero-order valence-corrected chi connectivity index (χ0v) is 12.9. The summed E-state index contributed by atoms with van der Waals surface area (Å²) in [7, 11) is -2.90.